The van der Waals surface area contributed by atoms with Gasteiger partial charge in [0.05, 0.1) is 14.2 Å². The van der Waals surface area contributed by atoms with Crippen LogP contribution >= 0.6 is 11.8 Å². The number of benzene rings is 2. The molecule has 0 aliphatic carbocycles. The number of methoxy groups -OCH3 is 2. The van der Waals surface area contributed by atoms with E-state index in [1.165, 1.54) is 0 Å². The maximum atomic E-state index is 12.7. The van der Waals surface area contributed by atoms with Gasteiger partial charge in [-0.25, -0.2) is 0 Å². The summed E-state index contributed by atoms with van der Waals surface area (Å²) in [6.45, 7) is 0.945. The standard InChI is InChI=1S/C19H24N2O3S/c1-21(19(22)14-7-5-13(11-20)6-8-14)12-15-9-16(23-2)17(24-3)10-18(15)25-4/h5-10H,11-12,20H2,1-4H3. The van der Waals surface area contributed by atoms with E-state index in [1.807, 2.05) is 42.7 Å². The lowest BCUT2D eigenvalue weighted by atomic mass is 10.1. The van der Waals surface area contributed by atoms with Gasteiger partial charge in [-0.15, -0.1) is 11.8 Å². The first-order valence-corrected chi connectivity index (χ1v) is 9.09. The highest BCUT2D eigenvalue weighted by atomic mass is 32.2. The van der Waals surface area contributed by atoms with Gasteiger partial charge >= 0.3 is 0 Å². The molecule has 2 aromatic rings. The van der Waals surface area contributed by atoms with E-state index in [0.29, 0.717) is 30.2 Å². The van der Waals surface area contributed by atoms with Crippen molar-refractivity contribution < 1.29 is 14.3 Å². The number of amides is 1. The smallest absolute Gasteiger partial charge is 0.253 e. The second-order valence-corrected chi connectivity index (χ2v) is 6.43. The Hall–Kier alpha value is -2.18. The quantitative estimate of drug-likeness (QED) is 0.769. The number of carbonyl (C=O) groups is 1. The number of thioether (sulfide) groups is 1. The van der Waals surface area contributed by atoms with Crippen molar-refractivity contribution in [2.75, 3.05) is 27.5 Å². The molecule has 134 valence electrons. The number of hydrogen-bond acceptors (Lipinski definition) is 5. The Kier molecular flexibility index (Phi) is 6.73. The van der Waals surface area contributed by atoms with Crippen LogP contribution in [0, 0.1) is 0 Å². The molecule has 0 aliphatic heterocycles. The Labute approximate surface area is 153 Å². The fraction of sp³-hybridized carbons (Fsp3) is 0.316. The summed E-state index contributed by atoms with van der Waals surface area (Å²) in [6, 6.07) is 11.2. The molecule has 2 aromatic carbocycles. The molecule has 0 atom stereocenters. The number of hydrogen-bond donors (Lipinski definition) is 1. The van der Waals surface area contributed by atoms with Gasteiger partial charge < -0.3 is 20.1 Å². The third kappa shape index (κ3) is 4.46. The Morgan fingerprint density at radius 2 is 1.72 bits per heavy atom. The summed E-state index contributed by atoms with van der Waals surface area (Å²) in [5.74, 6) is 1.30. The van der Waals surface area contributed by atoms with E-state index in [0.717, 1.165) is 16.0 Å². The SMILES string of the molecule is COc1cc(CN(C)C(=O)c2ccc(CN)cc2)c(SC)cc1OC. The predicted octanol–water partition coefficient (Wildman–Crippen LogP) is 3.16. The molecule has 1 amide bonds. The van der Waals surface area contributed by atoms with Crippen molar-refractivity contribution >= 4 is 17.7 Å². The number of nitrogens with two attached hydrogens (primary N) is 1. The summed E-state index contributed by atoms with van der Waals surface area (Å²) in [5, 5.41) is 0. The van der Waals surface area contributed by atoms with E-state index in [1.54, 1.807) is 37.9 Å². The minimum atomic E-state index is -0.0367. The number of rotatable bonds is 7. The summed E-state index contributed by atoms with van der Waals surface area (Å²) >= 11 is 1.61. The van der Waals surface area contributed by atoms with Gasteiger partial charge in [-0.1, -0.05) is 12.1 Å². The summed E-state index contributed by atoms with van der Waals surface area (Å²) < 4.78 is 10.7. The van der Waals surface area contributed by atoms with E-state index in [9.17, 15) is 4.79 Å². The molecule has 0 unspecified atom stereocenters. The Morgan fingerprint density at radius 3 is 2.24 bits per heavy atom. The monoisotopic (exact) mass is 360 g/mol. The molecule has 0 saturated heterocycles. The van der Waals surface area contributed by atoms with Crippen LogP contribution in [0.5, 0.6) is 11.5 Å². The average Bonchev–Trinajstić information content (AvgIpc) is 2.66. The van der Waals surface area contributed by atoms with Crippen molar-refractivity contribution in [3.8, 4) is 11.5 Å². The number of ether oxygens (including phenoxy) is 2. The van der Waals surface area contributed by atoms with Crippen molar-refractivity contribution in [1.29, 1.82) is 0 Å². The Balaban J connectivity index is 2.23. The van der Waals surface area contributed by atoms with Crippen LogP contribution in [0.1, 0.15) is 21.5 Å². The molecule has 0 saturated carbocycles. The van der Waals surface area contributed by atoms with Crippen LogP contribution in [0.15, 0.2) is 41.3 Å². The van der Waals surface area contributed by atoms with E-state index >= 15 is 0 Å². The van der Waals surface area contributed by atoms with Crippen molar-refractivity contribution in [3.63, 3.8) is 0 Å². The van der Waals surface area contributed by atoms with E-state index in [4.69, 9.17) is 15.2 Å². The molecule has 0 aromatic heterocycles. The lowest BCUT2D eigenvalue weighted by Gasteiger charge is -2.20. The number of nitrogens with zero attached hydrogens (tertiary/aromatic N) is 1. The first kappa shape index (κ1) is 19.1. The summed E-state index contributed by atoms with van der Waals surface area (Å²) in [5.41, 5.74) is 8.26. The van der Waals surface area contributed by atoms with Gasteiger partial charge in [0.1, 0.15) is 0 Å². The molecule has 5 nitrogen and oxygen atoms in total. The first-order valence-electron chi connectivity index (χ1n) is 7.87. The van der Waals surface area contributed by atoms with Gasteiger partial charge in [0.15, 0.2) is 11.5 Å². The maximum absolute atomic E-state index is 12.7. The maximum Gasteiger partial charge on any atom is 0.253 e. The molecular formula is C19H24N2O3S. The van der Waals surface area contributed by atoms with E-state index in [-0.39, 0.29) is 5.91 Å². The fourth-order valence-electron chi connectivity index (χ4n) is 2.55. The molecular weight excluding hydrogens is 336 g/mol. The van der Waals surface area contributed by atoms with Gasteiger partial charge in [0, 0.05) is 30.6 Å². The molecule has 0 spiro atoms. The van der Waals surface area contributed by atoms with Gasteiger partial charge in [0.2, 0.25) is 0 Å². The zero-order valence-corrected chi connectivity index (χ0v) is 15.9. The molecule has 6 heteroatoms. The van der Waals surface area contributed by atoms with E-state index in [2.05, 4.69) is 0 Å². The highest BCUT2D eigenvalue weighted by Gasteiger charge is 2.16. The molecule has 2 N–H and O–H groups in total. The van der Waals surface area contributed by atoms with Crippen LogP contribution in [0.2, 0.25) is 0 Å². The van der Waals surface area contributed by atoms with Crippen LogP contribution in [0.4, 0.5) is 0 Å². The zero-order chi connectivity index (χ0) is 18.4. The second-order valence-electron chi connectivity index (χ2n) is 5.58. The minimum absolute atomic E-state index is 0.0367. The highest BCUT2D eigenvalue weighted by Crippen LogP contribution is 2.35. The van der Waals surface area contributed by atoms with Crippen LogP contribution in [0.3, 0.4) is 0 Å². The molecule has 2 rings (SSSR count). The van der Waals surface area contributed by atoms with Crippen LogP contribution < -0.4 is 15.2 Å². The normalized spacial score (nSPS) is 10.4. The molecule has 0 fully saturated rings. The molecule has 0 radical (unpaired) electrons. The Morgan fingerprint density at radius 1 is 1.12 bits per heavy atom. The predicted molar refractivity (Wildman–Crippen MR) is 101 cm³/mol. The molecule has 0 aliphatic rings. The van der Waals surface area contributed by atoms with Gasteiger partial charge in [-0.05, 0) is 41.6 Å². The lowest BCUT2D eigenvalue weighted by Crippen LogP contribution is -2.26. The van der Waals surface area contributed by atoms with Crippen molar-refractivity contribution in [2.45, 2.75) is 18.0 Å². The topological polar surface area (TPSA) is 64.8 Å². The largest absolute Gasteiger partial charge is 0.493 e. The minimum Gasteiger partial charge on any atom is -0.493 e. The fourth-order valence-corrected chi connectivity index (χ4v) is 3.16. The van der Waals surface area contributed by atoms with Gasteiger partial charge in [0.25, 0.3) is 5.91 Å². The van der Waals surface area contributed by atoms with Crippen molar-refractivity contribution in [3.05, 3.63) is 53.1 Å². The molecule has 0 heterocycles. The van der Waals surface area contributed by atoms with Crippen LogP contribution in [-0.4, -0.2) is 38.3 Å². The van der Waals surface area contributed by atoms with Gasteiger partial charge in [-0.2, -0.15) is 0 Å². The first-order chi connectivity index (χ1) is 12.0. The second kappa shape index (κ2) is 8.78. The molecule has 25 heavy (non-hydrogen) atoms. The van der Waals surface area contributed by atoms with Crippen LogP contribution in [0.25, 0.3) is 0 Å². The lowest BCUT2D eigenvalue weighted by molar-refractivity contribution is 0.0784. The third-order valence-electron chi connectivity index (χ3n) is 3.98. The van der Waals surface area contributed by atoms with Crippen molar-refractivity contribution in [2.24, 2.45) is 5.73 Å². The zero-order valence-electron chi connectivity index (χ0n) is 15.0. The van der Waals surface area contributed by atoms with E-state index < -0.39 is 0 Å². The summed E-state index contributed by atoms with van der Waals surface area (Å²) in [6.07, 6.45) is 2.00. The number of carbonyl (C=O) groups excluding carboxylic acids is 1. The summed E-state index contributed by atoms with van der Waals surface area (Å²) in [7, 11) is 5.01. The summed E-state index contributed by atoms with van der Waals surface area (Å²) in [4.78, 5) is 15.4. The molecule has 0 bridgehead atoms. The van der Waals surface area contributed by atoms with Crippen LogP contribution in [-0.2, 0) is 13.1 Å². The third-order valence-corrected chi connectivity index (χ3v) is 4.80. The van der Waals surface area contributed by atoms with Crippen molar-refractivity contribution in [1.82, 2.24) is 4.90 Å². The van der Waals surface area contributed by atoms with Gasteiger partial charge in [-0.3, -0.25) is 4.79 Å². The Bertz CT molecular complexity index is 732. The average molecular weight is 360 g/mol. The highest BCUT2D eigenvalue weighted by molar-refractivity contribution is 7.98.